The molecule has 0 spiro atoms. The second kappa shape index (κ2) is 5.82. The molecule has 3 nitrogen and oxygen atoms in total. The van der Waals surface area contributed by atoms with Gasteiger partial charge < -0.3 is 10.6 Å². The molecular formula is C16H30N2O. The summed E-state index contributed by atoms with van der Waals surface area (Å²) in [5.41, 5.74) is 0.472. The van der Waals surface area contributed by atoms with E-state index in [-0.39, 0.29) is 11.4 Å². The highest BCUT2D eigenvalue weighted by Crippen LogP contribution is 2.37. The summed E-state index contributed by atoms with van der Waals surface area (Å²) in [6, 6.07) is 0.403. The van der Waals surface area contributed by atoms with Crippen LogP contribution in [0.4, 0.5) is 0 Å². The number of carbonyl (C=O) groups excluding carboxylic acids is 1. The monoisotopic (exact) mass is 266 g/mol. The highest BCUT2D eigenvalue weighted by Gasteiger charge is 2.35. The Bertz CT molecular complexity index is 319. The van der Waals surface area contributed by atoms with Crippen molar-refractivity contribution in [3.8, 4) is 0 Å². The van der Waals surface area contributed by atoms with E-state index in [9.17, 15) is 4.79 Å². The first-order chi connectivity index (χ1) is 8.95. The molecule has 0 bridgehead atoms. The smallest absolute Gasteiger partial charge is 0.222 e. The van der Waals surface area contributed by atoms with Gasteiger partial charge in [-0.15, -0.1) is 0 Å². The third-order valence-electron chi connectivity index (χ3n) is 5.17. The molecule has 2 fully saturated rings. The summed E-state index contributed by atoms with van der Waals surface area (Å²) < 4.78 is 0. The maximum Gasteiger partial charge on any atom is 0.222 e. The van der Waals surface area contributed by atoms with E-state index in [1.54, 1.807) is 0 Å². The van der Waals surface area contributed by atoms with Crippen LogP contribution in [0.5, 0.6) is 0 Å². The van der Waals surface area contributed by atoms with Crippen molar-refractivity contribution in [1.29, 1.82) is 0 Å². The fourth-order valence-corrected chi connectivity index (χ4v) is 3.89. The van der Waals surface area contributed by atoms with Gasteiger partial charge in [-0.2, -0.15) is 0 Å². The Morgan fingerprint density at radius 2 is 1.84 bits per heavy atom. The predicted molar refractivity (Wildman–Crippen MR) is 79.1 cm³/mol. The standard InChI is InChI=1S/C16H30N2O/c1-15(2)10-7-13(11-15)18-14(19)12-16(17-3)8-5-4-6-9-16/h13,17H,4-12H2,1-3H3,(H,18,19). The second-order valence-electron chi connectivity index (χ2n) is 7.44. The third kappa shape index (κ3) is 3.95. The molecule has 2 rings (SSSR count). The van der Waals surface area contributed by atoms with Crippen molar-refractivity contribution in [3.63, 3.8) is 0 Å². The van der Waals surface area contributed by atoms with Crippen LogP contribution in [0.3, 0.4) is 0 Å². The summed E-state index contributed by atoms with van der Waals surface area (Å²) in [5, 5.41) is 6.69. The molecule has 19 heavy (non-hydrogen) atoms. The molecule has 0 radical (unpaired) electrons. The van der Waals surface area contributed by atoms with Gasteiger partial charge in [0.25, 0.3) is 0 Å². The zero-order valence-corrected chi connectivity index (χ0v) is 12.8. The zero-order chi connectivity index (χ0) is 13.9. The largest absolute Gasteiger partial charge is 0.353 e. The number of hydrogen-bond donors (Lipinski definition) is 2. The van der Waals surface area contributed by atoms with Crippen LogP contribution in [0.25, 0.3) is 0 Å². The van der Waals surface area contributed by atoms with Gasteiger partial charge in [-0.1, -0.05) is 33.1 Å². The van der Waals surface area contributed by atoms with Crippen molar-refractivity contribution >= 4 is 5.91 Å². The van der Waals surface area contributed by atoms with Gasteiger partial charge >= 0.3 is 0 Å². The van der Waals surface area contributed by atoms with Crippen molar-refractivity contribution < 1.29 is 4.79 Å². The number of hydrogen-bond acceptors (Lipinski definition) is 2. The van der Waals surface area contributed by atoms with Crippen molar-refractivity contribution in [3.05, 3.63) is 0 Å². The Morgan fingerprint density at radius 3 is 2.37 bits per heavy atom. The van der Waals surface area contributed by atoms with Crippen LogP contribution < -0.4 is 10.6 Å². The maximum atomic E-state index is 12.3. The fraction of sp³-hybridized carbons (Fsp3) is 0.938. The summed E-state index contributed by atoms with van der Waals surface area (Å²) in [5.74, 6) is 0.249. The van der Waals surface area contributed by atoms with Gasteiger partial charge in [-0.25, -0.2) is 0 Å². The van der Waals surface area contributed by atoms with Gasteiger partial charge in [0, 0.05) is 18.0 Å². The minimum Gasteiger partial charge on any atom is -0.353 e. The molecule has 0 aliphatic heterocycles. The normalized spacial score (nSPS) is 29.1. The van der Waals surface area contributed by atoms with E-state index in [4.69, 9.17) is 0 Å². The Labute approximate surface area is 117 Å². The zero-order valence-electron chi connectivity index (χ0n) is 12.8. The Kier molecular flexibility index (Phi) is 4.54. The molecule has 1 atom stereocenters. The van der Waals surface area contributed by atoms with Gasteiger partial charge in [0.2, 0.25) is 5.91 Å². The summed E-state index contributed by atoms with van der Waals surface area (Å²) >= 11 is 0. The quantitative estimate of drug-likeness (QED) is 0.821. The van der Waals surface area contributed by atoms with E-state index >= 15 is 0 Å². The summed E-state index contributed by atoms with van der Waals surface area (Å²) in [6.07, 6.45) is 10.3. The van der Waals surface area contributed by atoms with Crippen molar-refractivity contribution in [2.24, 2.45) is 5.41 Å². The molecule has 3 heteroatoms. The molecule has 2 aliphatic carbocycles. The van der Waals surface area contributed by atoms with Gasteiger partial charge in [0.1, 0.15) is 0 Å². The van der Waals surface area contributed by atoms with Gasteiger partial charge in [0.05, 0.1) is 0 Å². The van der Waals surface area contributed by atoms with E-state index < -0.39 is 0 Å². The molecular weight excluding hydrogens is 236 g/mol. The highest BCUT2D eigenvalue weighted by molar-refractivity contribution is 5.77. The van der Waals surface area contributed by atoms with E-state index in [0.717, 1.165) is 25.7 Å². The SMILES string of the molecule is CNC1(CC(=O)NC2CCC(C)(C)C2)CCCCC1. The summed E-state index contributed by atoms with van der Waals surface area (Å²) in [7, 11) is 2.01. The average molecular weight is 266 g/mol. The van der Waals surface area contributed by atoms with Crippen molar-refractivity contribution in [2.75, 3.05) is 7.05 Å². The number of amides is 1. The Morgan fingerprint density at radius 1 is 1.16 bits per heavy atom. The molecule has 110 valence electrons. The number of carbonyl (C=O) groups is 1. The molecule has 1 amide bonds. The van der Waals surface area contributed by atoms with E-state index in [1.807, 2.05) is 7.05 Å². The third-order valence-corrected chi connectivity index (χ3v) is 5.17. The maximum absolute atomic E-state index is 12.3. The molecule has 0 saturated heterocycles. The lowest BCUT2D eigenvalue weighted by Crippen LogP contribution is -2.49. The minimum absolute atomic E-state index is 0.0659. The first-order valence-electron chi connectivity index (χ1n) is 7.93. The van der Waals surface area contributed by atoms with Crippen LogP contribution in [0.2, 0.25) is 0 Å². The fourth-order valence-electron chi connectivity index (χ4n) is 3.89. The average Bonchev–Trinajstić information content (AvgIpc) is 2.69. The molecule has 0 heterocycles. The molecule has 0 aromatic heterocycles. The van der Waals surface area contributed by atoms with Crippen LogP contribution in [0.15, 0.2) is 0 Å². The first kappa shape index (κ1) is 14.8. The highest BCUT2D eigenvalue weighted by atomic mass is 16.1. The summed E-state index contributed by atoms with van der Waals surface area (Å²) in [6.45, 7) is 4.60. The van der Waals surface area contributed by atoms with E-state index in [1.165, 1.54) is 25.7 Å². The van der Waals surface area contributed by atoms with Crippen LogP contribution in [0.1, 0.15) is 71.6 Å². The summed E-state index contributed by atoms with van der Waals surface area (Å²) in [4.78, 5) is 12.3. The van der Waals surface area contributed by atoms with E-state index in [2.05, 4.69) is 24.5 Å². The van der Waals surface area contributed by atoms with E-state index in [0.29, 0.717) is 17.9 Å². The predicted octanol–water partition coefficient (Wildman–Crippen LogP) is 2.99. The van der Waals surface area contributed by atoms with Crippen molar-refractivity contribution in [2.45, 2.75) is 83.2 Å². The molecule has 2 aliphatic rings. The van der Waals surface area contributed by atoms with Crippen LogP contribution in [0, 0.1) is 5.41 Å². The number of rotatable bonds is 4. The molecule has 0 aromatic carbocycles. The molecule has 2 N–H and O–H groups in total. The lowest BCUT2D eigenvalue weighted by molar-refractivity contribution is -0.123. The second-order valence-corrected chi connectivity index (χ2v) is 7.44. The van der Waals surface area contributed by atoms with Crippen LogP contribution >= 0.6 is 0 Å². The first-order valence-corrected chi connectivity index (χ1v) is 7.93. The topological polar surface area (TPSA) is 41.1 Å². The lowest BCUT2D eigenvalue weighted by atomic mass is 9.79. The van der Waals surface area contributed by atoms with Crippen LogP contribution in [-0.4, -0.2) is 24.5 Å². The Balaban J connectivity index is 1.83. The van der Waals surface area contributed by atoms with Gasteiger partial charge in [-0.05, 0) is 44.6 Å². The number of nitrogens with one attached hydrogen (secondary N) is 2. The molecule has 1 unspecified atom stereocenters. The van der Waals surface area contributed by atoms with Gasteiger partial charge in [-0.3, -0.25) is 4.79 Å². The minimum atomic E-state index is 0.0659. The lowest BCUT2D eigenvalue weighted by Gasteiger charge is -2.37. The van der Waals surface area contributed by atoms with Crippen molar-refractivity contribution in [1.82, 2.24) is 10.6 Å². The molecule has 2 saturated carbocycles. The van der Waals surface area contributed by atoms with Gasteiger partial charge in [0.15, 0.2) is 0 Å². The molecule has 0 aromatic rings. The van der Waals surface area contributed by atoms with Crippen LogP contribution in [-0.2, 0) is 4.79 Å². The Hall–Kier alpha value is -0.570.